The second kappa shape index (κ2) is 1.70. The van der Waals surface area contributed by atoms with Crippen molar-refractivity contribution in [3.8, 4) is 0 Å². The maximum Gasteiger partial charge on any atom is 0 e. The van der Waals surface area contributed by atoms with Gasteiger partial charge in [0.25, 0.3) is 0 Å². The first-order chi connectivity index (χ1) is 1.89. The minimum absolute atomic E-state index is 0. The number of rotatable bonds is 0. The molecule has 0 N–H and O–H groups in total. The Bertz CT molecular complexity index is 54.7. The van der Waals surface area contributed by atoms with E-state index in [4.69, 9.17) is 0 Å². The van der Waals surface area contributed by atoms with E-state index in [1.165, 1.54) is 6.42 Å². The van der Waals surface area contributed by atoms with Gasteiger partial charge in [-0.3, -0.25) is 0 Å². The van der Waals surface area contributed by atoms with E-state index in [2.05, 4.69) is 13.0 Å². The molecule has 0 unspecified atom stereocenters. The summed E-state index contributed by atoms with van der Waals surface area (Å²) in [5, 5.41) is 0. The van der Waals surface area contributed by atoms with Crippen LogP contribution >= 0.6 is 0 Å². The van der Waals surface area contributed by atoms with Crippen molar-refractivity contribution in [2.45, 2.75) is 13.3 Å². The van der Waals surface area contributed by atoms with Crippen LogP contribution in [0.1, 0.15) is 13.3 Å². The molecule has 1 aliphatic carbocycles. The third-order valence-electron chi connectivity index (χ3n) is 0.612. The molecule has 1 aliphatic rings. The van der Waals surface area contributed by atoms with Crippen LogP contribution in [0, 0.1) is 0 Å². The third-order valence-corrected chi connectivity index (χ3v) is 0.612. The van der Waals surface area contributed by atoms with Crippen molar-refractivity contribution < 1.29 is 0 Å². The minimum atomic E-state index is 0. The van der Waals surface area contributed by atoms with E-state index >= 15 is 0 Å². The zero-order chi connectivity index (χ0) is 2.99. The predicted molar refractivity (Wildman–Crippen MR) is 24.1 cm³/mol. The number of hydrogen-bond donors (Lipinski definition) is 0. The van der Waals surface area contributed by atoms with Crippen molar-refractivity contribution >= 4 is 18.9 Å². The van der Waals surface area contributed by atoms with Crippen LogP contribution < -0.4 is 0 Å². The SMILES string of the molecule is CC1=CC1.[Li]. The van der Waals surface area contributed by atoms with Gasteiger partial charge in [-0.15, -0.1) is 0 Å². The Morgan fingerprint density at radius 3 is 2.00 bits per heavy atom. The Hall–Kier alpha value is 0.337. The van der Waals surface area contributed by atoms with Crippen molar-refractivity contribution in [2.24, 2.45) is 0 Å². The van der Waals surface area contributed by atoms with E-state index in [9.17, 15) is 0 Å². The number of hydrogen-bond acceptors (Lipinski definition) is 0. The fourth-order valence-electron chi connectivity index (χ4n) is 0.102. The van der Waals surface area contributed by atoms with Crippen LogP contribution in [0.15, 0.2) is 11.6 Å². The monoisotopic (exact) mass is 61.1 g/mol. The van der Waals surface area contributed by atoms with E-state index in [1.54, 1.807) is 5.57 Å². The summed E-state index contributed by atoms with van der Waals surface area (Å²) in [6, 6.07) is 0. The van der Waals surface area contributed by atoms with Gasteiger partial charge in [0, 0.05) is 18.9 Å². The van der Waals surface area contributed by atoms with E-state index in [0.717, 1.165) is 0 Å². The number of allylic oxidation sites excluding steroid dienone is 2. The second-order valence-corrected chi connectivity index (χ2v) is 1.25. The second-order valence-electron chi connectivity index (χ2n) is 1.25. The molecule has 0 atom stereocenters. The van der Waals surface area contributed by atoms with Gasteiger partial charge in [0.15, 0.2) is 0 Å². The van der Waals surface area contributed by atoms with E-state index in [0.29, 0.717) is 0 Å². The Labute approximate surface area is 44.4 Å². The molecular formula is C4H6Li. The summed E-state index contributed by atoms with van der Waals surface area (Å²) >= 11 is 0. The molecule has 0 aromatic rings. The normalized spacial score (nSPS) is 15.8. The van der Waals surface area contributed by atoms with Crippen LogP contribution in [0.3, 0.4) is 0 Å². The molecule has 0 saturated carbocycles. The molecule has 0 aliphatic heterocycles. The summed E-state index contributed by atoms with van der Waals surface area (Å²) < 4.78 is 0. The van der Waals surface area contributed by atoms with Gasteiger partial charge in [-0.2, -0.15) is 0 Å². The third kappa shape index (κ3) is 2.13. The molecule has 1 rings (SSSR count). The van der Waals surface area contributed by atoms with Gasteiger partial charge in [-0.25, -0.2) is 0 Å². The zero-order valence-electron chi connectivity index (χ0n) is 3.78. The molecule has 1 radical (unpaired) electrons. The molecule has 23 valence electrons. The molecule has 0 bridgehead atoms. The molecule has 0 fully saturated rings. The summed E-state index contributed by atoms with van der Waals surface area (Å²) in [7, 11) is 0. The molecular weight excluding hydrogens is 55.0 g/mol. The van der Waals surface area contributed by atoms with Crippen LogP contribution in [-0.2, 0) is 0 Å². The van der Waals surface area contributed by atoms with E-state index < -0.39 is 0 Å². The van der Waals surface area contributed by atoms with Gasteiger partial charge in [0.05, 0.1) is 0 Å². The maximum atomic E-state index is 2.21. The molecule has 5 heavy (non-hydrogen) atoms. The Morgan fingerprint density at radius 1 is 1.80 bits per heavy atom. The first-order valence-electron chi connectivity index (χ1n) is 1.55. The largest absolute Gasteiger partial charge is 0.0812 e. The molecule has 0 amide bonds. The molecule has 0 saturated heterocycles. The standard InChI is InChI=1S/C4H6.Li/c1-4-2-3-4;/h2H,3H2,1H3;. The smallest absolute Gasteiger partial charge is 0 e. The van der Waals surface area contributed by atoms with Crippen LogP contribution in [0.4, 0.5) is 0 Å². The molecule has 0 spiro atoms. The summed E-state index contributed by atoms with van der Waals surface area (Å²) in [5.41, 5.74) is 1.54. The van der Waals surface area contributed by atoms with Crippen molar-refractivity contribution in [1.29, 1.82) is 0 Å². The van der Waals surface area contributed by atoms with E-state index in [-0.39, 0.29) is 18.9 Å². The summed E-state index contributed by atoms with van der Waals surface area (Å²) in [6.07, 6.45) is 3.49. The first-order valence-corrected chi connectivity index (χ1v) is 1.55. The molecule has 1 heteroatoms. The zero-order valence-corrected chi connectivity index (χ0v) is 3.78. The molecule has 0 nitrogen and oxygen atoms in total. The molecule has 0 aromatic heterocycles. The molecule has 0 aromatic carbocycles. The Kier molecular flexibility index (Phi) is 1.81. The minimum Gasteiger partial charge on any atom is -0.0812 e. The summed E-state index contributed by atoms with van der Waals surface area (Å²) in [6.45, 7) is 2.14. The predicted octanol–water partition coefficient (Wildman–Crippen LogP) is 0.956. The summed E-state index contributed by atoms with van der Waals surface area (Å²) in [4.78, 5) is 0. The van der Waals surface area contributed by atoms with Crippen molar-refractivity contribution in [3.63, 3.8) is 0 Å². The maximum absolute atomic E-state index is 2.21. The summed E-state index contributed by atoms with van der Waals surface area (Å²) in [5.74, 6) is 0. The fourth-order valence-corrected chi connectivity index (χ4v) is 0.102. The first kappa shape index (κ1) is 5.34. The van der Waals surface area contributed by atoms with Crippen LogP contribution in [0.2, 0.25) is 0 Å². The Morgan fingerprint density at radius 2 is 2.00 bits per heavy atom. The van der Waals surface area contributed by atoms with Gasteiger partial charge in [0.1, 0.15) is 0 Å². The van der Waals surface area contributed by atoms with Gasteiger partial charge >= 0.3 is 0 Å². The van der Waals surface area contributed by atoms with Gasteiger partial charge in [0.2, 0.25) is 0 Å². The fraction of sp³-hybridized carbons (Fsp3) is 0.500. The Balaban J connectivity index is 0.000000160. The topological polar surface area (TPSA) is 0 Å². The molecule has 0 heterocycles. The van der Waals surface area contributed by atoms with Crippen molar-refractivity contribution in [2.75, 3.05) is 0 Å². The van der Waals surface area contributed by atoms with Crippen LogP contribution in [0.25, 0.3) is 0 Å². The van der Waals surface area contributed by atoms with Gasteiger partial charge < -0.3 is 0 Å². The van der Waals surface area contributed by atoms with Crippen molar-refractivity contribution in [1.82, 2.24) is 0 Å². The average molecular weight is 61.0 g/mol. The van der Waals surface area contributed by atoms with Gasteiger partial charge in [-0.05, 0) is 13.3 Å². The van der Waals surface area contributed by atoms with Crippen LogP contribution in [0.5, 0.6) is 0 Å². The average Bonchev–Trinajstić information content (AvgIpc) is 1.75. The van der Waals surface area contributed by atoms with E-state index in [1.807, 2.05) is 0 Å². The quantitative estimate of drug-likeness (QED) is 0.289. The van der Waals surface area contributed by atoms with Gasteiger partial charge in [-0.1, -0.05) is 11.6 Å². The van der Waals surface area contributed by atoms with Crippen molar-refractivity contribution in [3.05, 3.63) is 11.6 Å². The van der Waals surface area contributed by atoms with Crippen LogP contribution in [-0.4, -0.2) is 18.9 Å².